The molecule has 1 aliphatic heterocycles. The monoisotopic (exact) mass is 349 g/mol. The topological polar surface area (TPSA) is 84.1 Å². The van der Waals surface area contributed by atoms with E-state index in [1.165, 1.54) is 0 Å². The number of hydrogen-bond donors (Lipinski definition) is 1. The molecule has 1 N–H and O–H groups in total. The highest BCUT2D eigenvalue weighted by molar-refractivity contribution is 7.90. The quantitative estimate of drug-likeness (QED) is 0.822. The Balaban J connectivity index is 1.78. The van der Waals surface area contributed by atoms with E-state index in [1.807, 2.05) is 17.0 Å². The highest BCUT2D eigenvalue weighted by Crippen LogP contribution is 2.26. The van der Waals surface area contributed by atoms with Gasteiger partial charge in [-0.2, -0.15) is 8.42 Å². The molecule has 0 radical (unpaired) electrons. The third-order valence-corrected chi connectivity index (χ3v) is 4.99. The van der Waals surface area contributed by atoms with E-state index in [0.29, 0.717) is 37.8 Å². The predicted octanol–water partition coefficient (Wildman–Crippen LogP) is 1.94. The molecule has 1 aromatic carbocycles. The van der Waals surface area contributed by atoms with Crippen molar-refractivity contribution in [2.45, 2.75) is 11.4 Å². The molecule has 3 rings (SSSR count). The lowest BCUT2D eigenvalue weighted by atomic mass is 10.3. The van der Waals surface area contributed by atoms with Crippen molar-refractivity contribution in [1.82, 2.24) is 4.90 Å². The molecular formula is C16H19N3O4S. The van der Waals surface area contributed by atoms with Crippen LogP contribution in [0.3, 0.4) is 0 Å². The Kier molecular flexibility index (Phi) is 4.98. The Morgan fingerprint density at radius 2 is 2.04 bits per heavy atom. The standard InChI is InChI=1S/C16H19N3O4S/c1-22-10-8-19(11-13-5-4-9-23-13)12-16-17-14-6-2-3-7-15(14)24(20,21)18-16/h2-7,9H,8,10-12H2,1H3,(H,17,18). The van der Waals surface area contributed by atoms with Crippen molar-refractivity contribution >= 4 is 21.5 Å². The summed E-state index contributed by atoms with van der Waals surface area (Å²) in [7, 11) is -2.05. The zero-order valence-corrected chi connectivity index (χ0v) is 14.1. The van der Waals surface area contributed by atoms with Gasteiger partial charge in [0.2, 0.25) is 0 Å². The van der Waals surface area contributed by atoms with Crippen molar-refractivity contribution in [2.24, 2.45) is 4.40 Å². The largest absolute Gasteiger partial charge is 0.468 e. The van der Waals surface area contributed by atoms with Crippen LogP contribution < -0.4 is 5.32 Å². The minimum atomic E-state index is -3.68. The zero-order chi connectivity index (χ0) is 17.0. The number of hydrogen-bond acceptors (Lipinski definition) is 6. The number of benzene rings is 1. The number of furan rings is 1. The molecule has 0 aliphatic carbocycles. The van der Waals surface area contributed by atoms with E-state index in [9.17, 15) is 8.42 Å². The first-order valence-electron chi connectivity index (χ1n) is 7.52. The van der Waals surface area contributed by atoms with Crippen molar-refractivity contribution in [3.63, 3.8) is 0 Å². The molecule has 0 atom stereocenters. The van der Waals surface area contributed by atoms with Crippen LogP contribution in [0, 0.1) is 0 Å². The van der Waals surface area contributed by atoms with Gasteiger partial charge in [0.15, 0.2) is 0 Å². The van der Waals surface area contributed by atoms with Crippen molar-refractivity contribution in [3.05, 3.63) is 48.4 Å². The van der Waals surface area contributed by atoms with Crippen LogP contribution in [0.5, 0.6) is 0 Å². The number of rotatable bonds is 7. The first kappa shape index (κ1) is 16.7. The molecule has 1 aromatic heterocycles. The van der Waals surface area contributed by atoms with Crippen LogP contribution in [0.4, 0.5) is 5.69 Å². The summed E-state index contributed by atoms with van der Waals surface area (Å²) in [6, 6.07) is 10.4. The zero-order valence-electron chi connectivity index (χ0n) is 13.3. The van der Waals surface area contributed by atoms with Gasteiger partial charge in [0.25, 0.3) is 10.0 Å². The molecule has 1 aliphatic rings. The predicted molar refractivity (Wildman–Crippen MR) is 90.5 cm³/mol. The maximum absolute atomic E-state index is 12.3. The number of amidine groups is 1. The van der Waals surface area contributed by atoms with Gasteiger partial charge in [0.05, 0.1) is 31.6 Å². The van der Waals surface area contributed by atoms with E-state index in [4.69, 9.17) is 9.15 Å². The molecule has 0 bridgehead atoms. The van der Waals surface area contributed by atoms with Crippen LogP contribution in [0.15, 0.2) is 56.4 Å². The Bertz CT molecular complexity index is 816. The molecule has 0 spiro atoms. The fraction of sp³-hybridized carbons (Fsp3) is 0.312. The van der Waals surface area contributed by atoms with Crippen LogP contribution in [-0.4, -0.2) is 46.0 Å². The van der Waals surface area contributed by atoms with Crippen molar-refractivity contribution < 1.29 is 17.6 Å². The second-order valence-corrected chi connectivity index (χ2v) is 6.99. The Morgan fingerprint density at radius 1 is 1.21 bits per heavy atom. The van der Waals surface area contributed by atoms with Crippen molar-refractivity contribution in [1.29, 1.82) is 0 Å². The van der Waals surface area contributed by atoms with E-state index in [0.717, 1.165) is 5.76 Å². The molecule has 0 amide bonds. The number of anilines is 1. The second kappa shape index (κ2) is 7.16. The van der Waals surface area contributed by atoms with Crippen LogP contribution in [0.1, 0.15) is 5.76 Å². The average Bonchev–Trinajstić information content (AvgIpc) is 3.05. The summed E-state index contributed by atoms with van der Waals surface area (Å²) in [5.41, 5.74) is 0.548. The van der Waals surface area contributed by atoms with Crippen molar-refractivity contribution in [2.75, 3.05) is 32.1 Å². The summed E-state index contributed by atoms with van der Waals surface area (Å²) in [5.74, 6) is 1.18. The molecule has 2 aromatic rings. The van der Waals surface area contributed by atoms with E-state index in [2.05, 4.69) is 9.71 Å². The average molecular weight is 349 g/mol. The highest BCUT2D eigenvalue weighted by Gasteiger charge is 2.25. The van der Waals surface area contributed by atoms with Gasteiger partial charge in [-0.05, 0) is 24.3 Å². The van der Waals surface area contributed by atoms with Gasteiger partial charge < -0.3 is 14.5 Å². The number of methoxy groups -OCH3 is 1. The fourth-order valence-corrected chi connectivity index (χ4v) is 3.64. The highest BCUT2D eigenvalue weighted by atomic mass is 32.2. The molecule has 0 fully saturated rings. The maximum Gasteiger partial charge on any atom is 0.286 e. The number of nitrogens with one attached hydrogen (secondary N) is 1. The summed E-state index contributed by atoms with van der Waals surface area (Å²) in [6.45, 7) is 2.04. The molecular weight excluding hydrogens is 330 g/mol. The molecule has 128 valence electrons. The molecule has 0 unspecified atom stereocenters. The summed E-state index contributed by atoms with van der Waals surface area (Å²) in [5, 5.41) is 3.10. The Labute approximate surface area is 141 Å². The smallest absolute Gasteiger partial charge is 0.286 e. The van der Waals surface area contributed by atoms with Gasteiger partial charge in [-0.3, -0.25) is 4.90 Å². The van der Waals surface area contributed by atoms with Crippen LogP contribution >= 0.6 is 0 Å². The number of sulfonamides is 1. The van der Waals surface area contributed by atoms with Crippen molar-refractivity contribution in [3.8, 4) is 0 Å². The van der Waals surface area contributed by atoms with Gasteiger partial charge in [-0.25, -0.2) is 0 Å². The first-order valence-corrected chi connectivity index (χ1v) is 8.96. The van der Waals surface area contributed by atoms with Gasteiger partial charge in [0.1, 0.15) is 16.5 Å². The number of ether oxygens (including phenoxy) is 1. The minimum Gasteiger partial charge on any atom is -0.468 e. The summed E-state index contributed by atoms with van der Waals surface area (Å²) < 4.78 is 39.0. The molecule has 7 nitrogen and oxygen atoms in total. The van der Waals surface area contributed by atoms with E-state index in [-0.39, 0.29) is 4.90 Å². The molecule has 24 heavy (non-hydrogen) atoms. The van der Waals surface area contributed by atoms with Crippen LogP contribution in [0.2, 0.25) is 0 Å². The molecule has 8 heteroatoms. The Hall–Kier alpha value is -2.16. The minimum absolute atomic E-state index is 0.197. The summed E-state index contributed by atoms with van der Waals surface area (Å²) in [4.78, 5) is 2.21. The lowest BCUT2D eigenvalue weighted by Gasteiger charge is -2.24. The van der Waals surface area contributed by atoms with Gasteiger partial charge in [-0.1, -0.05) is 12.1 Å². The fourth-order valence-electron chi connectivity index (χ4n) is 2.50. The number of nitrogens with zero attached hydrogens (tertiary/aromatic N) is 2. The maximum atomic E-state index is 12.3. The summed E-state index contributed by atoms with van der Waals surface area (Å²) in [6.07, 6.45) is 1.61. The molecule has 2 heterocycles. The van der Waals surface area contributed by atoms with E-state index in [1.54, 1.807) is 37.6 Å². The number of para-hydroxylation sites is 1. The van der Waals surface area contributed by atoms with Crippen LogP contribution in [0.25, 0.3) is 0 Å². The van der Waals surface area contributed by atoms with Gasteiger partial charge in [-0.15, -0.1) is 4.40 Å². The van der Waals surface area contributed by atoms with E-state index < -0.39 is 10.0 Å². The molecule has 0 saturated heterocycles. The third kappa shape index (κ3) is 3.84. The lowest BCUT2D eigenvalue weighted by Crippen LogP contribution is -2.37. The Morgan fingerprint density at radius 3 is 2.79 bits per heavy atom. The van der Waals surface area contributed by atoms with Gasteiger partial charge in [0, 0.05) is 13.7 Å². The lowest BCUT2D eigenvalue weighted by molar-refractivity contribution is 0.149. The normalized spacial score (nSPS) is 15.7. The SMILES string of the molecule is COCCN(CC1=NS(=O)(=O)c2ccccc2N1)Cc1ccco1. The number of fused-ring (bicyclic) bond motifs is 1. The van der Waals surface area contributed by atoms with Crippen LogP contribution in [-0.2, 0) is 21.3 Å². The van der Waals surface area contributed by atoms with Gasteiger partial charge >= 0.3 is 0 Å². The first-order chi connectivity index (χ1) is 11.6. The second-order valence-electron chi connectivity index (χ2n) is 5.42. The summed E-state index contributed by atoms with van der Waals surface area (Å²) >= 11 is 0. The molecule has 0 saturated carbocycles. The third-order valence-electron chi connectivity index (χ3n) is 3.62. The van der Waals surface area contributed by atoms with E-state index >= 15 is 0 Å².